The van der Waals surface area contributed by atoms with E-state index in [4.69, 9.17) is 0 Å². The lowest BCUT2D eigenvalue weighted by Crippen LogP contribution is -2.26. The number of nitro groups is 1. The molecule has 0 aliphatic carbocycles. The van der Waals surface area contributed by atoms with Gasteiger partial charge in [-0.3, -0.25) is 10.1 Å². The summed E-state index contributed by atoms with van der Waals surface area (Å²) in [5.41, 5.74) is 0.181. The number of nitrogens with zero attached hydrogens (tertiary/aromatic N) is 1. The molecule has 0 saturated heterocycles. The molecule has 1 aromatic rings. The van der Waals surface area contributed by atoms with Crippen LogP contribution in [0.3, 0.4) is 0 Å². The quantitative estimate of drug-likeness (QED) is 0.602. The largest absolute Gasteiger partial charge is 0.378 e. The minimum atomic E-state index is -3.33. The normalized spacial score (nSPS) is 11.2. The van der Waals surface area contributed by atoms with Crippen molar-refractivity contribution in [3.8, 4) is 0 Å². The molecule has 0 aliphatic heterocycles. The van der Waals surface area contributed by atoms with Gasteiger partial charge in [-0.1, -0.05) is 15.9 Å². The molecule has 1 rings (SSSR count). The Morgan fingerprint density at radius 3 is 2.67 bits per heavy atom. The third-order valence-electron chi connectivity index (χ3n) is 2.15. The molecule has 0 radical (unpaired) electrons. The van der Waals surface area contributed by atoms with E-state index in [1.54, 1.807) is 6.07 Å². The number of halogens is 1. The number of rotatable bonds is 6. The van der Waals surface area contributed by atoms with Gasteiger partial charge in [0.25, 0.3) is 5.69 Å². The van der Waals surface area contributed by atoms with E-state index < -0.39 is 14.9 Å². The van der Waals surface area contributed by atoms with Crippen molar-refractivity contribution in [1.29, 1.82) is 0 Å². The molecule has 7 nitrogen and oxygen atoms in total. The predicted molar refractivity (Wildman–Crippen MR) is 72.1 cm³/mol. The smallest absolute Gasteiger partial charge is 0.292 e. The van der Waals surface area contributed by atoms with Crippen LogP contribution in [0.25, 0.3) is 0 Å². The van der Waals surface area contributed by atoms with Crippen molar-refractivity contribution in [2.75, 3.05) is 24.7 Å². The number of benzene rings is 1. The van der Waals surface area contributed by atoms with Gasteiger partial charge in [-0.2, -0.15) is 0 Å². The third-order valence-corrected chi connectivity index (χ3v) is 4.01. The van der Waals surface area contributed by atoms with Gasteiger partial charge in [-0.25, -0.2) is 13.1 Å². The highest BCUT2D eigenvalue weighted by atomic mass is 79.9. The fraction of sp³-hybridized carbons (Fsp3) is 0.333. The Morgan fingerprint density at radius 1 is 1.44 bits per heavy atom. The Labute approximate surface area is 113 Å². The highest BCUT2D eigenvalue weighted by molar-refractivity contribution is 9.10. The van der Waals surface area contributed by atoms with E-state index in [1.807, 2.05) is 0 Å². The summed E-state index contributed by atoms with van der Waals surface area (Å²) in [5.74, 6) is -0.160. The van der Waals surface area contributed by atoms with Crippen LogP contribution in [0.15, 0.2) is 22.7 Å². The van der Waals surface area contributed by atoms with Crippen LogP contribution in [0.5, 0.6) is 0 Å². The Balaban J connectivity index is 2.78. The number of nitrogens with one attached hydrogen (secondary N) is 2. The topological polar surface area (TPSA) is 101 Å². The van der Waals surface area contributed by atoms with Gasteiger partial charge in [0.1, 0.15) is 5.69 Å². The Kier molecular flexibility index (Phi) is 5.05. The molecule has 1 aromatic carbocycles. The number of anilines is 1. The molecule has 0 saturated carbocycles. The van der Waals surface area contributed by atoms with Gasteiger partial charge in [0.05, 0.1) is 10.7 Å². The van der Waals surface area contributed by atoms with Crippen molar-refractivity contribution in [2.45, 2.75) is 0 Å². The Bertz CT molecular complexity index is 547. The summed E-state index contributed by atoms with van der Waals surface area (Å²) in [4.78, 5) is 10.2. The number of nitro benzene ring substituents is 1. The molecular weight excluding hydrogens is 326 g/mol. The van der Waals surface area contributed by atoms with Gasteiger partial charge < -0.3 is 5.32 Å². The van der Waals surface area contributed by atoms with Crippen LogP contribution in [0.2, 0.25) is 0 Å². The molecule has 9 heteroatoms. The summed E-state index contributed by atoms with van der Waals surface area (Å²) in [6.07, 6.45) is 0. The van der Waals surface area contributed by atoms with Gasteiger partial charge in [-0.05, 0) is 19.2 Å². The van der Waals surface area contributed by atoms with Gasteiger partial charge in [0.2, 0.25) is 10.0 Å². The summed E-state index contributed by atoms with van der Waals surface area (Å²) in [6, 6.07) is 4.43. The monoisotopic (exact) mass is 337 g/mol. The van der Waals surface area contributed by atoms with E-state index in [0.717, 1.165) is 0 Å². The van der Waals surface area contributed by atoms with Crippen LogP contribution in [-0.2, 0) is 10.0 Å². The minimum Gasteiger partial charge on any atom is -0.378 e. The van der Waals surface area contributed by atoms with Crippen LogP contribution < -0.4 is 10.0 Å². The van der Waals surface area contributed by atoms with Crippen molar-refractivity contribution in [3.05, 3.63) is 32.8 Å². The zero-order valence-corrected chi connectivity index (χ0v) is 11.9. The SMILES string of the molecule is CNS(=O)(=O)CCNc1cc(Br)ccc1[N+](=O)[O-]. The van der Waals surface area contributed by atoms with Crippen LogP contribution >= 0.6 is 15.9 Å². The Hall–Kier alpha value is -1.19. The maximum Gasteiger partial charge on any atom is 0.292 e. The predicted octanol–water partition coefficient (Wildman–Crippen LogP) is 1.32. The maximum absolute atomic E-state index is 11.2. The summed E-state index contributed by atoms with van der Waals surface area (Å²) < 4.78 is 25.2. The number of sulfonamides is 1. The second-order valence-corrected chi connectivity index (χ2v) is 6.33. The fourth-order valence-electron chi connectivity index (χ4n) is 1.23. The fourth-order valence-corrected chi connectivity index (χ4v) is 2.17. The molecule has 0 atom stereocenters. The zero-order valence-electron chi connectivity index (χ0n) is 9.51. The molecule has 2 N–H and O–H groups in total. The number of hydrogen-bond donors (Lipinski definition) is 2. The second kappa shape index (κ2) is 6.12. The Morgan fingerprint density at radius 2 is 2.11 bits per heavy atom. The average molecular weight is 338 g/mol. The van der Waals surface area contributed by atoms with E-state index in [9.17, 15) is 18.5 Å². The molecule has 0 bridgehead atoms. The lowest BCUT2D eigenvalue weighted by Gasteiger charge is -2.07. The van der Waals surface area contributed by atoms with E-state index in [1.165, 1.54) is 19.2 Å². The molecule has 0 unspecified atom stereocenters. The first-order chi connectivity index (χ1) is 8.35. The molecule has 0 amide bonds. The molecule has 0 aromatic heterocycles. The summed E-state index contributed by atoms with van der Waals surface area (Å²) in [6.45, 7) is 0.0838. The maximum atomic E-state index is 11.2. The molecule has 0 spiro atoms. The van der Waals surface area contributed by atoms with Gasteiger partial charge >= 0.3 is 0 Å². The molecule has 0 fully saturated rings. The molecule has 100 valence electrons. The minimum absolute atomic E-state index is 0.0838. The lowest BCUT2D eigenvalue weighted by molar-refractivity contribution is -0.384. The first kappa shape index (κ1) is 14.9. The highest BCUT2D eigenvalue weighted by Gasteiger charge is 2.14. The van der Waals surface area contributed by atoms with Crippen LogP contribution in [0, 0.1) is 10.1 Å². The second-order valence-electron chi connectivity index (χ2n) is 3.37. The van der Waals surface area contributed by atoms with Crippen molar-refractivity contribution in [1.82, 2.24) is 4.72 Å². The van der Waals surface area contributed by atoms with E-state index in [2.05, 4.69) is 26.0 Å². The lowest BCUT2D eigenvalue weighted by atomic mass is 10.2. The molecule has 0 heterocycles. The van der Waals surface area contributed by atoms with E-state index in [-0.39, 0.29) is 23.7 Å². The van der Waals surface area contributed by atoms with E-state index >= 15 is 0 Å². The van der Waals surface area contributed by atoms with Crippen molar-refractivity contribution in [2.24, 2.45) is 0 Å². The highest BCUT2D eigenvalue weighted by Crippen LogP contribution is 2.27. The number of hydrogen-bond acceptors (Lipinski definition) is 5. The van der Waals surface area contributed by atoms with Crippen molar-refractivity contribution >= 4 is 37.3 Å². The van der Waals surface area contributed by atoms with Crippen LogP contribution in [0.1, 0.15) is 0 Å². The summed E-state index contributed by atoms with van der Waals surface area (Å²) >= 11 is 3.20. The van der Waals surface area contributed by atoms with Gasteiger partial charge in [-0.15, -0.1) is 0 Å². The first-order valence-electron chi connectivity index (χ1n) is 4.95. The standard InChI is InChI=1S/C9H12BrN3O4S/c1-11-18(16,17)5-4-12-8-6-7(10)2-3-9(8)13(14)15/h2-3,6,11-12H,4-5H2,1H3. The van der Waals surface area contributed by atoms with Gasteiger partial charge in [0.15, 0.2) is 0 Å². The summed E-state index contributed by atoms with van der Waals surface area (Å²) in [7, 11) is -2.01. The van der Waals surface area contributed by atoms with Crippen LogP contribution in [-0.4, -0.2) is 32.7 Å². The van der Waals surface area contributed by atoms with Gasteiger partial charge in [0, 0.05) is 17.1 Å². The third kappa shape index (κ3) is 4.24. The van der Waals surface area contributed by atoms with E-state index in [0.29, 0.717) is 4.47 Å². The van der Waals surface area contributed by atoms with Crippen molar-refractivity contribution in [3.63, 3.8) is 0 Å². The molecule has 18 heavy (non-hydrogen) atoms. The van der Waals surface area contributed by atoms with Crippen molar-refractivity contribution < 1.29 is 13.3 Å². The molecular formula is C9H12BrN3O4S. The zero-order chi connectivity index (χ0) is 13.8. The first-order valence-corrected chi connectivity index (χ1v) is 7.39. The molecule has 0 aliphatic rings. The van der Waals surface area contributed by atoms with Crippen LogP contribution in [0.4, 0.5) is 11.4 Å². The summed E-state index contributed by atoms with van der Waals surface area (Å²) in [5, 5.41) is 13.5. The average Bonchev–Trinajstić information content (AvgIpc) is 2.28.